The van der Waals surface area contributed by atoms with Crippen molar-refractivity contribution in [2.24, 2.45) is 0 Å². The Balaban J connectivity index is 0.00000264. The zero-order valence-corrected chi connectivity index (χ0v) is 15.5. The number of benzene rings is 1. The number of hydrogen-bond acceptors (Lipinski definition) is 4. The van der Waals surface area contributed by atoms with E-state index in [1.807, 2.05) is 45.9 Å². The first kappa shape index (κ1) is 19.2. The fourth-order valence-electron chi connectivity index (χ4n) is 2.14. The van der Waals surface area contributed by atoms with E-state index in [1.165, 1.54) is 6.33 Å². The molecule has 0 N–H and O–H groups in total. The summed E-state index contributed by atoms with van der Waals surface area (Å²) in [7, 11) is 0. The van der Waals surface area contributed by atoms with Gasteiger partial charge in [-0.05, 0) is 44.4 Å². The van der Waals surface area contributed by atoms with Crippen LogP contribution in [-0.2, 0) is 17.4 Å². The Hall–Kier alpha value is -1.89. The molecule has 1 aromatic heterocycles. The largest absolute Gasteiger partial charge is 2.00 e. The minimum atomic E-state index is -0.612. The average molecular weight is 318 g/mol. The van der Waals surface area contributed by atoms with Gasteiger partial charge in [-0.3, -0.25) is 0 Å². The van der Waals surface area contributed by atoms with Gasteiger partial charge in [0.1, 0.15) is 12.7 Å². The Morgan fingerprint density at radius 3 is 1.91 bits per heavy atom. The van der Waals surface area contributed by atoms with E-state index in [0.717, 1.165) is 16.7 Å². The number of hydrogen-bond donors (Lipinski definition) is 0. The van der Waals surface area contributed by atoms with Crippen LogP contribution in [0.5, 0.6) is 0 Å². The molecule has 0 spiro atoms. The molecule has 0 radical (unpaired) electrons. The zero-order chi connectivity index (χ0) is 16.4. The van der Waals surface area contributed by atoms with E-state index in [4.69, 9.17) is 0 Å². The molecule has 2 rings (SSSR count). The first-order valence-electron chi connectivity index (χ1n) is 7.08. The van der Waals surface area contributed by atoms with Crippen molar-refractivity contribution in [3.8, 4) is 12.1 Å². The van der Waals surface area contributed by atoms with Crippen LogP contribution in [0.2, 0.25) is 0 Å². The van der Waals surface area contributed by atoms with E-state index >= 15 is 0 Å². The van der Waals surface area contributed by atoms with Gasteiger partial charge in [0, 0.05) is 0 Å². The molecule has 0 atom stereocenters. The average Bonchev–Trinajstić information content (AvgIpc) is 2.99. The first-order chi connectivity index (χ1) is 10.3. The van der Waals surface area contributed by atoms with E-state index in [1.54, 1.807) is 11.0 Å². The third-order valence-electron chi connectivity index (χ3n) is 3.81. The molecule has 1 heterocycles. The van der Waals surface area contributed by atoms with Gasteiger partial charge in [0.25, 0.3) is 0 Å². The van der Waals surface area contributed by atoms with E-state index in [-0.39, 0.29) is 23.1 Å². The van der Waals surface area contributed by atoms with Crippen molar-refractivity contribution >= 4 is 23.1 Å². The molecule has 0 fully saturated rings. The summed E-state index contributed by atoms with van der Waals surface area (Å²) in [5.41, 5.74) is 1.60. The van der Waals surface area contributed by atoms with E-state index in [9.17, 15) is 10.5 Å². The Kier molecular flexibility index (Phi) is 5.93. The minimum Gasteiger partial charge on any atom is -0.249 e. The van der Waals surface area contributed by atoms with E-state index in [0.29, 0.717) is 6.54 Å². The standard InChI is InChI=1S/C17H19N5.Mg/c1-16(2,9-18)14-5-13(8-22-12-20-11-21-22)6-15(7-14)17(3,4)10-19;/h5-7,11-12H,8H2,1-4H3;/q;+2. The molecule has 1 aromatic carbocycles. The molecular weight excluding hydrogens is 299 g/mol. The smallest absolute Gasteiger partial charge is 0.249 e. The van der Waals surface area contributed by atoms with Gasteiger partial charge in [0.15, 0.2) is 0 Å². The fraction of sp³-hybridized carbons (Fsp3) is 0.412. The molecule has 0 aliphatic heterocycles. The SMILES string of the molecule is CC(C)(C#N)c1cc(Cn2cncn2)cc(C(C)(C)C#N)c1.[Mg+2]. The van der Waals surface area contributed by atoms with Crippen molar-refractivity contribution in [1.82, 2.24) is 14.8 Å². The topological polar surface area (TPSA) is 78.3 Å². The van der Waals surface area contributed by atoms with Gasteiger partial charge in [-0.1, -0.05) is 18.2 Å². The van der Waals surface area contributed by atoms with E-state index in [2.05, 4.69) is 22.2 Å². The Morgan fingerprint density at radius 2 is 1.52 bits per heavy atom. The fourth-order valence-corrected chi connectivity index (χ4v) is 2.14. The summed E-state index contributed by atoms with van der Waals surface area (Å²) in [6.45, 7) is 8.08. The van der Waals surface area contributed by atoms with Crippen LogP contribution < -0.4 is 0 Å². The second-order valence-corrected chi connectivity index (χ2v) is 6.49. The summed E-state index contributed by atoms with van der Waals surface area (Å²) < 4.78 is 1.72. The Labute approximate surface area is 153 Å². The minimum absolute atomic E-state index is 0. The zero-order valence-electron chi connectivity index (χ0n) is 14.0. The maximum absolute atomic E-state index is 9.40. The maximum atomic E-state index is 9.40. The van der Waals surface area contributed by atoms with E-state index < -0.39 is 10.8 Å². The third kappa shape index (κ3) is 4.31. The van der Waals surface area contributed by atoms with Crippen molar-refractivity contribution in [3.63, 3.8) is 0 Å². The third-order valence-corrected chi connectivity index (χ3v) is 3.81. The second-order valence-electron chi connectivity index (χ2n) is 6.49. The predicted octanol–water partition coefficient (Wildman–Crippen LogP) is 2.55. The molecule has 6 heteroatoms. The normalized spacial score (nSPS) is 11.2. The van der Waals surface area contributed by atoms with Gasteiger partial charge in [-0.2, -0.15) is 15.6 Å². The van der Waals surface area contributed by atoms with Crippen LogP contribution in [-0.4, -0.2) is 37.8 Å². The monoisotopic (exact) mass is 317 g/mol. The molecule has 0 saturated heterocycles. The molecule has 2 aromatic rings. The molecule has 0 saturated carbocycles. The molecular formula is C17H19MgN5+2. The molecule has 0 aliphatic carbocycles. The first-order valence-corrected chi connectivity index (χ1v) is 7.08. The summed E-state index contributed by atoms with van der Waals surface area (Å²) >= 11 is 0. The van der Waals surface area contributed by atoms with Crippen molar-refractivity contribution in [3.05, 3.63) is 47.5 Å². The van der Waals surface area contributed by atoms with Gasteiger partial charge < -0.3 is 0 Å². The van der Waals surface area contributed by atoms with Gasteiger partial charge in [0.2, 0.25) is 0 Å². The van der Waals surface area contributed by atoms with Crippen LogP contribution in [0.1, 0.15) is 44.4 Å². The van der Waals surface area contributed by atoms with Crippen LogP contribution in [0, 0.1) is 22.7 Å². The quantitative estimate of drug-likeness (QED) is 0.812. The van der Waals surface area contributed by atoms with Gasteiger partial charge >= 0.3 is 23.1 Å². The number of aromatic nitrogens is 3. The van der Waals surface area contributed by atoms with Crippen LogP contribution in [0.25, 0.3) is 0 Å². The molecule has 5 nitrogen and oxygen atoms in total. The van der Waals surface area contributed by atoms with Crippen molar-refractivity contribution < 1.29 is 0 Å². The number of nitrogens with zero attached hydrogens (tertiary/aromatic N) is 5. The predicted molar refractivity (Wildman–Crippen MR) is 88.6 cm³/mol. The molecule has 0 unspecified atom stereocenters. The molecule has 0 bridgehead atoms. The summed E-state index contributed by atoms with van der Waals surface area (Å²) in [4.78, 5) is 3.94. The van der Waals surface area contributed by atoms with Gasteiger partial charge in [-0.25, -0.2) is 9.67 Å². The van der Waals surface area contributed by atoms with Crippen LogP contribution in [0.3, 0.4) is 0 Å². The molecule has 0 amide bonds. The van der Waals surface area contributed by atoms with Crippen molar-refractivity contribution in [2.75, 3.05) is 0 Å². The second kappa shape index (κ2) is 7.12. The molecule has 0 aliphatic rings. The summed E-state index contributed by atoms with van der Waals surface area (Å²) in [5, 5.41) is 22.9. The molecule has 112 valence electrons. The van der Waals surface area contributed by atoms with Crippen molar-refractivity contribution in [2.45, 2.75) is 45.1 Å². The Bertz CT molecular complexity index is 704. The van der Waals surface area contributed by atoms with Crippen LogP contribution in [0.4, 0.5) is 0 Å². The maximum Gasteiger partial charge on any atom is 2.00 e. The number of rotatable bonds is 4. The van der Waals surface area contributed by atoms with Crippen LogP contribution >= 0.6 is 0 Å². The number of nitriles is 2. The van der Waals surface area contributed by atoms with Crippen LogP contribution in [0.15, 0.2) is 30.9 Å². The summed E-state index contributed by atoms with van der Waals surface area (Å²) in [5.74, 6) is 0. The van der Waals surface area contributed by atoms with Gasteiger partial charge in [-0.15, -0.1) is 0 Å². The summed E-state index contributed by atoms with van der Waals surface area (Å²) in [6, 6.07) is 10.6. The molecule has 23 heavy (non-hydrogen) atoms. The van der Waals surface area contributed by atoms with Crippen molar-refractivity contribution in [1.29, 1.82) is 10.5 Å². The summed E-state index contributed by atoms with van der Waals surface area (Å²) in [6.07, 6.45) is 3.14. The Morgan fingerprint density at radius 1 is 1.00 bits per heavy atom. The van der Waals surface area contributed by atoms with Gasteiger partial charge in [0.05, 0.1) is 29.5 Å².